The summed E-state index contributed by atoms with van der Waals surface area (Å²) in [6.45, 7) is 0.916. The second-order valence-corrected chi connectivity index (χ2v) is 4.42. The van der Waals surface area contributed by atoms with Gasteiger partial charge < -0.3 is 15.3 Å². The molecule has 4 heteroatoms. The summed E-state index contributed by atoms with van der Waals surface area (Å²) in [5.74, 6) is 0.306. The minimum Gasteiger partial charge on any atom is -0.508 e. The molecule has 1 atom stereocenters. The summed E-state index contributed by atoms with van der Waals surface area (Å²) in [5.41, 5.74) is 0.806. The number of rotatable bonds is 2. The van der Waals surface area contributed by atoms with Gasteiger partial charge in [-0.05, 0) is 43.7 Å². The van der Waals surface area contributed by atoms with E-state index in [1.165, 1.54) is 0 Å². The minimum absolute atomic E-state index is 0.0671. The maximum atomic E-state index is 12.2. The molecule has 0 unspecified atom stereocenters. The van der Waals surface area contributed by atoms with Gasteiger partial charge in [0.25, 0.3) is 0 Å². The number of amides is 1. The number of nitrogens with one attached hydrogen (secondary N) is 1. The van der Waals surface area contributed by atoms with Gasteiger partial charge in [-0.3, -0.25) is 4.79 Å². The van der Waals surface area contributed by atoms with Gasteiger partial charge in [-0.2, -0.15) is 0 Å². The van der Waals surface area contributed by atoms with Crippen LogP contribution in [0.1, 0.15) is 19.3 Å². The Morgan fingerprint density at radius 1 is 1.35 bits per heavy atom. The Hall–Kier alpha value is -1.55. The number of phenols is 1. The molecule has 1 heterocycles. The lowest BCUT2D eigenvalue weighted by Crippen LogP contribution is -2.47. The summed E-state index contributed by atoms with van der Waals surface area (Å²) in [6.07, 6.45) is 3.15. The normalized spacial score (nSPS) is 19.9. The van der Waals surface area contributed by atoms with Crippen molar-refractivity contribution in [3.05, 3.63) is 24.3 Å². The predicted molar refractivity (Wildman–Crippen MR) is 67.2 cm³/mol. The first-order valence-electron chi connectivity index (χ1n) is 5.98. The largest absolute Gasteiger partial charge is 0.508 e. The van der Waals surface area contributed by atoms with Crippen LogP contribution in [-0.2, 0) is 4.79 Å². The Labute approximate surface area is 101 Å². The first-order chi connectivity index (χ1) is 8.18. The molecule has 0 radical (unpaired) electrons. The molecule has 0 spiro atoms. The average Bonchev–Trinajstić information content (AvgIpc) is 2.39. The van der Waals surface area contributed by atoms with Crippen molar-refractivity contribution in [2.45, 2.75) is 25.3 Å². The molecular weight excluding hydrogens is 216 g/mol. The van der Waals surface area contributed by atoms with Gasteiger partial charge in [0.15, 0.2) is 0 Å². The van der Waals surface area contributed by atoms with E-state index in [1.54, 1.807) is 36.2 Å². The molecule has 1 fully saturated rings. The van der Waals surface area contributed by atoms with Crippen LogP contribution >= 0.6 is 0 Å². The fourth-order valence-corrected chi connectivity index (χ4v) is 2.10. The molecule has 2 N–H and O–H groups in total. The Balaban J connectivity index is 2.05. The Morgan fingerprint density at radius 3 is 2.65 bits per heavy atom. The third kappa shape index (κ3) is 2.77. The van der Waals surface area contributed by atoms with Gasteiger partial charge in [0.05, 0.1) is 6.04 Å². The van der Waals surface area contributed by atoms with Crippen molar-refractivity contribution in [1.82, 2.24) is 5.32 Å². The summed E-state index contributed by atoms with van der Waals surface area (Å²) in [5, 5.41) is 12.5. The molecule has 1 aromatic carbocycles. The third-order valence-electron chi connectivity index (χ3n) is 3.18. The summed E-state index contributed by atoms with van der Waals surface area (Å²) < 4.78 is 0. The highest BCUT2D eigenvalue weighted by Gasteiger charge is 2.24. The van der Waals surface area contributed by atoms with Crippen molar-refractivity contribution in [3.8, 4) is 5.75 Å². The SMILES string of the molecule is CN(C(=O)[C@H]1CCCCN1)c1ccc(O)cc1. The van der Waals surface area contributed by atoms with Gasteiger partial charge >= 0.3 is 0 Å². The number of likely N-dealkylation sites (N-methyl/N-ethyl adjacent to an activating group) is 1. The van der Waals surface area contributed by atoms with Gasteiger partial charge in [0.2, 0.25) is 5.91 Å². The number of carbonyl (C=O) groups is 1. The van der Waals surface area contributed by atoms with E-state index in [-0.39, 0.29) is 17.7 Å². The van der Waals surface area contributed by atoms with Gasteiger partial charge in [-0.1, -0.05) is 6.42 Å². The molecular formula is C13H18N2O2. The number of anilines is 1. The van der Waals surface area contributed by atoms with E-state index >= 15 is 0 Å². The molecule has 1 aromatic rings. The molecule has 1 saturated heterocycles. The molecule has 1 aliphatic rings. The highest BCUT2D eigenvalue weighted by Crippen LogP contribution is 2.19. The standard InChI is InChI=1S/C13H18N2O2/c1-15(10-5-7-11(16)8-6-10)13(17)12-4-2-3-9-14-12/h5-8,12,14,16H,2-4,9H2,1H3/t12-/m1/s1. The van der Waals surface area contributed by atoms with Gasteiger partial charge in [-0.15, -0.1) is 0 Å². The fraction of sp³-hybridized carbons (Fsp3) is 0.462. The Bertz CT molecular complexity index is 383. The first kappa shape index (κ1) is 11.9. The van der Waals surface area contributed by atoms with Crippen LogP contribution in [0, 0.1) is 0 Å². The zero-order valence-corrected chi connectivity index (χ0v) is 10.0. The molecule has 0 aliphatic carbocycles. The van der Waals surface area contributed by atoms with Gasteiger partial charge in [-0.25, -0.2) is 0 Å². The van der Waals surface area contributed by atoms with E-state index < -0.39 is 0 Å². The number of piperidine rings is 1. The predicted octanol–water partition coefficient (Wildman–Crippen LogP) is 1.50. The topological polar surface area (TPSA) is 52.6 Å². The molecule has 0 bridgehead atoms. The maximum Gasteiger partial charge on any atom is 0.243 e. The minimum atomic E-state index is -0.0671. The molecule has 4 nitrogen and oxygen atoms in total. The van der Waals surface area contributed by atoms with Crippen molar-refractivity contribution in [2.24, 2.45) is 0 Å². The van der Waals surface area contributed by atoms with E-state index in [0.717, 1.165) is 31.5 Å². The Kier molecular flexibility index (Phi) is 3.64. The second kappa shape index (κ2) is 5.19. The average molecular weight is 234 g/mol. The molecule has 1 amide bonds. The quantitative estimate of drug-likeness (QED) is 0.815. The lowest BCUT2D eigenvalue weighted by Gasteiger charge is -2.27. The monoisotopic (exact) mass is 234 g/mol. The summed E-state index contributed by atoms with van der Waals surface area (Å²) >= 11 is 0. The highest BCUT2D eigenvalue weighted by atomic mass is 16.3. The number of benzene rings is 1. The molecule has 0 saturated carbocycles. The third-order valence-corrected chi connectivity index (χ3v) is 3.18. The van der Waals surface area contributed by atoms with Crippen LogP contribution in [0.3, 0.4) is 0 Å². The van der Waals surface area contributed by atoms with Crippen LogP contribution in [-0.4, -0.2) is 30.6 Å². The highest BCUT2D eigenvalue weighted by molar-refractivity contribution is 5.96. The molecule has 92 valence electrons. The zero-order valence-electron chi connectivity index (χ0n) is 10.0. The van der Waals surface area contributed by atoms with E-state index in [0.29, 0.717) is 0 Å². The van der Waals surface area contributed by atoms with Crippen LogP contribution < -0.4 is 10.2 Å². The molecule has 17 heavy (non-hydrogen) atoms. The number of carbonyl (C=O) groups excluding carboxylic acids is 1. The van der Waals surface area contributed by atoms with Crippen LogP contribution in [0.25, 0.3) is 0 Å². The lowest BCUT2D eigenvalue weighted by molar-refractivity contribution is -0.120. The zero-order chi connectivity index (χ0) is 12.3. The molecule has 1 aliphatic heterocycles. The van der Waals surface area contributed by atoms with Crippen molar-refractivity contribution in [3.63, 3.8) is 0 Å². The molecule has 2 rings (SSSR count). The van der Waals surface area contributed by atoms with E-state index in [4.69, 9.17) is 0 Å². The van der Waals surface area contributed by atoms with Crippen molar-refractivity contribution < 1.29 is 9.90 Å². The number of aromatic hydroxyl groups is 1. The van der Waals surface area contributed by atoms with Crippen molar-refractivity contribution in [2.75, 3.05) is 18.5 Å². The number of nitrogens with zero attached hydrogens (tertiary/aromatic N) is 1. The van der Waals surface area contributed by atoms with Crippen molar-refractivity contribution in [1.29, 1.82) is 0 Å². The van der Waals surface area contributed by atoms with Crippen LogP contribution in [0.2, 0.25) is 0 Å². The summed E-state index contributed by atoms with van der Waals surface area (Å²) in [7, 11) is 1.77. The maximum absolute atomic E-state index is 12.2. The van der Waals surface area contributed by atoms with E-state index in [2.05, 4.69) is 5.32 Å². The summed E-state index contributed by atoms with van der Waals surface area (Å²) in [4.78, 5) is 13.8. The molecule has 0 aromatic heterocycles. The lowest BCUT2D eigenvalue weighted by atomic mass is 10.0. The number of hydrogen-bond acceptors (Lipinski definition) is 3. The van der Waals surface area contributed by atoms with E-state index in [1.807, 2.05) is 0 Å². The smallest absolute Gasteiger partial charge is 0.243 e. The first-order valence-corrected chi connectivity index (χ1v) is 5.98. The van der Waals surface area contributed by atoms with E-state index in [9.17, 15) is 9.90 Å². The van der Waals surface area contributed by atoms with Crippen molar-refractivity contribution >= 4 is 11.6 Å². The Morgan fingerprint density at radius 2 is 2.06 bits per heavy atom. The van der Waals surface area contributed by atoms with Gasteiger partial charge in [0.1, 0.15) is 5.75 Å². The summed E-state index contributed by atoms with van der Waals surface area (Å²) in [6, 6.07) is 6.61. The van der Waals surface area contributed by atoms with Crippen LogP contribution in [0.15, 0.2) is 24.3 Å². The van der Waals surface area contributed by atoms with Crippen LogP contribution in [0.5, 0.6) is 5.75 Å². The fourth-order valence-electron chi connectivity index (χ4n) is 2.10. The second-order valence-electron chi connectivity index (χ2n) is 4.42. The van der Waals surface area contributed by atoms with Gasteiger partial charge in [0, 0.05) is 12.7 Å². The number of hydrogen-bond donors (Lipinski definition) is 2. The number of phenolic OH excluding ortho intramolecular Hbond substituents is 1. The van der Waals surface area contributed by atoms with Crippen LogP contribution in [0.4, 0.5) is 5.69 Å².